The Morgan fingerprint density at radius 1 is 1.61 bits per heavy atom. The molecule has 0 saturated carbocycles. The highest BCUT2D eigenvalue weighted by Gasteiger charge is 2.49. The quantitative estimate of drug-likeness (QED) is 0.635. The second-order valence-electron chi connectivity index (χ2n) is 4.39. The summed E-state index contributed by atoms with van der Waals surface area (Å²) in [5, 5.41) is 8.82. The van der Waals surface area contributed by atoms with Gasteiger partial charge >= 0.3 is 5.97 Å². The van der Waals surface area contributed by atoms with Gasteiger partial charge < -0.3 is 9.47 Å². The molecule has 1 amide bonds. The van der Waals surface area contributed by atoms with Crippen molar-refractivity contribution in [3.05, 3.63) is 11.8 Å². The molecule has 6 nitrogen and oxygen atoms in total. The number of fused-ring (bicyclic) bond motifs is 1. The molecule has 0 N–H and O–H groups in total. The molecule has 0 aromatic carbocycles. The molecule has 2 rings (SSSR count). The summed E-state index contributed by atoms with van der Waals surface area (Å²) < 4.78 is 10.2. The molecular weight excluding hydrogens is 236 g/mol. The summed E-state index contributed by atoms with van der Waals surface area (Å²) in [6.45, 7) is 1.38. The number of hydrogen-bond acceptors (Lipinski definition) is 5. The van der Waals surface area contributed by atoms with Gasteiger partial charge in [0.15, 0.2) is 12.0 Å². The minimum absolute atomic E-state index is 0.0371. The maximum atomic E-state index is 11.7. The van der Waals surface area contributed by atoms with E-state index in [1.165, 1.54) is 18.9 Å². The van der Waals surface area contributed by atoms with Crippen molar-refractivity contribution < 1.29 is 19.1 Å². The number of rotatable bonds is 1. The Hall–Kier alpha value is -2.03. The van der Waals surface area contributed by atoms with Crippen LogP contribution in [-0.2, 0) is 19.1 Å². The van der Waals surface area contributed by atoms with Crippen molar-refractivity contribution in [1.82, 2.24) is 4.90 Å². The molecule has 0 aromatic rings. The van der Waals surface area contributed by atoms with Gasteiger partial charge in [-0.15, -0.1) is 0 Å². The van der Waals surface area contributed by atoms with E-state index in [2.05, 4.69) is 0 Å². The minimum Gasteiger partial charge on any atom is -0.467 e. The summed E-state index contributed by atoms with van der Waals surface area (Å²) in [5.74, 6) is -0.457. The van der Waals surface area contributed by atoms with E-state index in [9.17, 15) is 9.59 Å². The summed E-state index contributed by atoms with van der Waals surface area (Å²) in [6, 6.07) is 1.30. The van der Waals surface area contributed by atoms with E-state index in [4.69, 9.17) is 14.7 Å². The standard InChI is InChI=1S/C12H14N2O4/c1-7(15)14-10(12(16)17-2)5-8-3-4-9(6-13)18-11(8)14/h4,8,10-11H,3,5H2,1-2H3/t8-,10-,11-/m0/s1. The lowest BCUT2D eigenvalue weighted by molar-refractivity contribution is -0.157. The zero-order valence-corrected chi connectivity index (χ0v) is 10.3. The number of likely N-dealkylation sites (tertiary alicyclic amines) is 1. The Morgan fingerprint density at radius 3 is 2.89 bits per heavy atom. The first-order valence-corrected chi connectivity index (χ1v) is 5.72. The normalized spacial score (nSPS) is 29.7. The van der Waals surface area contributed by atoms with Gasteiger partial charge in [0.25, 0.3) is 0 Å². The van der Waals surface area contributed by atoms with Crippen molar-refractivity contribution in [2.45, 2.75) is 32.0 Å². The van der Waals surface area contributed by atoms with Crippen LogP contribution in [0.25, 0.3) is 0 Å². The number of ether oxygens (including phenoxy) is 2. The SMILES string of the molecule is COC(=O)[C@@H]1C[C@@H]2CC=C(C#N)O[C@@H]2N1C(C)=O. The molecule has 0 spiro atoms. The molecule has 3 atom stereocenters. The van der Waals surface area contributed by atoms with Crippen molar-refractivity contribution in [3.8, 4) is 6.07 Å². The van der Waals surface area contributed by atoms with E-state index in [0.717, 1.165) is 0 Å². The van der Waals surface area contributed by atoms with E-state index in [0.29, 0.717) is 12.8 Å². The average Bonchev–Trinajstić information content (AvgIpc) is 2.75. The highest BCUT2D eigenvalue weighted by molar-refractivity contribution is 5.84. The molecule has 18 heavy (non-hydrogen) atoms. The summed E-state index contributed by atoms with van der Waals surface area (Å²) >= 11 is 0. The summed E-state index contributed by atoms with van der Waals surface area (Å²) in [5.41, 5.74) is 0. The summed E-state index contributed by atoms with van der Waals surface area (Å²) in [6.07, 6.45) is 2.29. The number of hydrogen-bond donors (Lipinski definition) is 0. The Labute approximate surface area is 105 Å². The smallest absolute Gasteiger partial charge is 0.328 e. The first-order chi connectivity index (χ1) is 8.58. The van der Waals surface area contributed by atoms with E-state index in [-0.39, 0.29) is 17.6 Å². The van der Waals surface area contributed by atoms with Crippen LogP contribution in [0.5, 0.6) is 0 Å². The van der Waals surface area contributed by atoms with Crippen molar-refractivity contribution in [1.29, 1.82) is 5.26 Å². The number of nitriles is 1. The molecule has 0 aliphatic carbocycles. The van der Waals surface area contributed by atoms with Gasteiger partial charge in [0.1, 0.15) is 12.1 Å². The molecule has 0 aromatic heterocycles. The first kappa shape index (κ1) is 12.4. The summed E-state index contributed by atoms with van der Waals surface area (Å²) in [7, 11) is 1.29. The van der Waals surface area contributed by atoms with Gasteiger partial charge in [-0.1, -0.05) is 0 Å². The zero-order chi connectivity index (χ0) is 13.3. The van der Waals surface area contributed by atoms with Crippen LogP contribution in [0.4, 0.5) is 0 Å². The zero-order valence-electron chi connectivity index (χ0n) is 10.3. The maximum Gasteiger partial charge on any atom is 0.328 e. The van der Waals surface area contributed by atoms with Crippen LogP contribution < -0.4 is 0 Å². The van der Waals surface area contributed by atoms with Crippen molar-refractivity contribution in [3.63, 3.8) is 0 Å². The predicted octanol–water partition coefficient (Wildman–Crippen LogP) is 0.550. The van der Waals surface area contributed by atoms with Crippen molar-refractivity contribution in [2.24, 2.45) is 5.92 Å². The Kier molecular flexibility index (Phi) is 3.24. The number of allylic oxidation sites excluding steroid dienone is 2. The molecule has 1 saturated heterocycles. The van der Waals surface area contributed by atoms with E-state index < -0.39 is 18.2 Å². The molecule has 2 heterocycles. The molecule has 0 bridgehead atoms. The lowest BCUT2D eigenvalue weighted by Gasteiger charge is -2.31. The number of nitrogens with zero attached hydrogens (tertiary/aromatic N) is 2. The summed E-state index contributed by atoms with van der Waals surface area (Å²) in [4.78, 5) is 24.7. The fourth-order valence-electron chi connectivity index (χ4n) is 2.54. The third kappa shape index (κ3) is 1.92. The van der Waals surface area contributed by atoms with E-state index in [1.807, 2.05) is 6.07 Å². The second-order valence-corrected chi connectivity index (χ2v) is 4.39. The van der Waals surface area contributed by atoms with Crippen LogP contribution in [-0.4, -0.2) is 36.2 Å². The van der Waals surface area contributed by atoms with Gasteiger partial charge in [-0.3, -0.25) is 9.69 Å². The highest BCUT2D eigenvalue weighted by Crippen LogP contribution is 2.38. The fraction of sp³-hybridized carbons (Fsp3) is 0.583. The van der Waals surface area contributed by atoms with Gasteiger partial charge in [-0.2, -0.15) is 5.26 Å². The van der Waals surface area contributed by atoms with Crippen LogP contribution in [0.1, 0.15) is 19.8 Å². The van der Waals surface area contributed by atoms with Crippen LogP contribution in [0.3, 0.4) is 0 Å². The lowest BCUT2D eigenvalue weighted by Crippen LogP contribution is -2.46. The molecule has 96 valence electrons. The largest absolute Gasteiger partial charge is 0.467 e. The van der Waals surface area contributed by atoms with Crippen molar-refractivity contribution >= 4 is 11.9 Å². The molecule has 6 heteroatoms. The molecule has 2 aliphatic rings. The molecule has 0 unspecified atom stereocenters. The van der Waals surface area contributed by atoms with Gasteiger partial charge in [0.2, 0.25) is 5.91 Å². The minimum atomic E-state index is -0.617. The monoisotopic (exact) mass is 250 g/mol. The first-order valence-electron chi connectivity index (χ1n) is 5.72. The molecular formula is C12H14N2O4. The Bertz CT molecular complexity index is 451. The van der Waals surface area contributed by atoms with Gasteiger partial charge in [-0.25, -0.2) is 4.79 Å². The predicted molar refractivity (Wildman–Crippen MR) is 59.6 cm³/mol. The molecule has 1 fully saturated rings. The third-order valence-corrected chi connectivity index (χ3v) is 3.34. The van der Waals surface area contributed by atoms with Crippen molar-refractivity contribution in [2.75, 3.05) is 7.11 Å². The topological polar surface area (TPSA) is 79.6 Å². The third-order valence-electron chi connectivity index (χ3n) is 3.34. The fourth-order valence-corrected chi connectivity index (χ4v) is 2.54. The van der Waals surface area contributed by atoms with Crippen LogP contribution in [0.15, 0.2) is 11.8 Å². The molecule has 0 radical (unpaired) electrons. The second kappa shape index (κ2) is 4.69. The number of methoxy groups -OCH3 is 1. The maximum absolute atomic E-state index is 11.7. The number of carbonyl (C=O) groups excluding carboxylic acids is 2. The number of esters is 1. The van der Waals surface area contributed by atoms with Crippen LogP contribution in [0, 0.1) is 17.2 Å². The number of carbonyl (C=O) groups is 2. The van der Waals surface area contributed by atoms with Crippen LogP contribution in [0.2, 0.25) is 0 Å². The average molecular weight is 250 g/mol. The Morgan fingerprint density at radius 2 is 2.33 bits per heavy atom. The van der Waals surface area contributed by atoms with E-state index >= 15 is 0 Å². The van der Waals surface area contributed by atoms with Gasteiger partial charge in [-0.05, 0) is 18.9 Å². The Balaban J connectivity index is 2.25. The highest BCUT2D eigenvalue weighted by atomic mass is 16.5. The lowest BCUT2D eigenvalue weighted by atomic mass is 9.98. The van der Waals surface area contributed by atoms with Gasteiger partial charge in [0.05, 0.1) is 7.11 Å². The van der Waals surface area contributed by atoms with Gasteiger partial charge in [0, 0.05) is 12.8 Å². The van der Waals surface area contributed by atoms with E-state index in [1.54, 1.807) is 6.08 Å². The molecule has 2 aliphatic heterocycles. The van der Waals surface area contributed by atoms with Crippen LogP contribution >= 0.6 is 0 Å². The number of amides is 1.